The fourth-order valence-electron chi connectivity index (χ4n) is 2.97. The summed E-state index contributed by atoms with van der Waals surface area (Å²) >= 11 is 0. The number of carbonyl (C=O) groups excluding carboxylic acids is 2. The van der Waals surface area contributed by atoms with Crippen LogP contribution in [0.2, 0.25) is 0 Å². The highest BCUT2D eigenvalue weighted by atomic mass is 16.5. The van der Waals surface area contributed by atoms with Crippen molar-refractivity contribution in [2.75, 3.05) is 20.2 Å². The van der Waals surface area contributed by atoms with E-state index in [0.717, 1.165) is 5.82 Å². The van der Waals surface area contributed by atoms with Gasteiger partial charge in [-0.25, -0.2) is 4.79 Å². The molecule has 0 radical (unpaired) electrons. The minimum atomic E-state index is -0.318. The molecule has 0 aromatic carbocycles. The third kappa shape index (κ3) is 3.12. The van der Waals surface area contributed by atoms with Crippen molar-refractivity contribution in [3.63, 3.8) is 0 Å². The number of nitrogens with one attached hydrogen (secondary N) is 1. The lowest BCUT2D eigenvalue weighted by Gasteiger charge is -2.31. The Balaban J connectivity index is 1.66. The van der Waals surface area contributed by atoms with E-state index in [1.165, 1.54) is 7.11 Å². The van der Waals surface area contributed by atoms with Crippen molar-refractivity contribution in [1.82, 2.24) is 24.6 Å². The monoisotopic (exact) mass is 331 g/mol. The number of nitrogens with zero attached hydrogens (tertiary/aromatic N) is 4. The van der Waals surface area contributed by atoms with Gasteiger partial charge in [-0.3, -0.25) is 9.48 Å². The van der Waals surface area contributed by atoms with Crippen LogP contribution in [0.4, 0.5) is 4.79 Å². The van der Waals surface area contributed by atoms with E-state index in [0.29, 0.717) is 31.5 Å². The number of hydrogen-bond acceptors (Lipinski definition) is 4. The average molecular weight is 331 g/mol. The Morgan fingerprint density at radius 3 is 2.54 bits per heavy atom. The van der Waals surface area contributed by atoms with Gasteiger partial charge in [-0.1, -0.05) is 0 Å². The molecule has 0 aliphatic carbocycles. The highest BCUT2D eigenvalue weighted by Crippen LogP contribution is 2.16. The van der Waals surface area contributed by atoms with Crippen LogP contribution in [0.25, 0.3) is 5.82 Å². The molecular formula is C16H21N5O3. The van der Waals surface area contributed by atoms with Crippen molar-refractivity contribution < 1.29 is 14.3 Å². The van der Waals surface area contributed by atoms with E-state index in [2.05, 4.69) is 10.4 Å². The quantitative estimate of drug-likeness (QED) is 0.915. The second-order valence-electron chi connectivity index (χ2n) is 5.80. The Labute approximate surface area is 140 Å². The maximum Gasteiger partial charge on any atom is 0.409 e. The number of rotatable bonds is 3. The summed E-state index contributed by atoms with van der Waals surface area (Å²) in [5.74, 6) is 0.577. The highest BCUT2D eigenvalue weighted by Gasteiger charge is 2.26. The Kier molecular flexibility index (Phi) is 4.54. The van der Waals surface area contributed by atoms with Crippen LogP contribution in [0, 0.1) is 0 Å². The molecule has 2 aromatic heterocycles. The predicted octanol–water partition coefficient (Wildman–Crippen LogP) is 1.17. The SMILES string of the molecule is COC(=O)N1CCC(NC(=O)c2cnn(C)c2-n2cccc2)CC1. The van der Waals surface area contributed by atoms with Crippen molar-refractivity contribution in [3.8, 4) is 5.82 Å². The van der Waals surface area contributed by atoms with Gasteiger partial charge in [0.05, 0.1) is 13.3 Å². The van der Waals surface area contributed by atoms with E-state index in [1.54, 1.807) is 22.8 Å². The van der Waals surface area contributed by atoms with Crippen molar-refractivity contribution in [2.45, 2.75) is 18.9 Å². The van der Waals surface area contributed by atoms with E-state index in [4.69, 9.17) is 4.74 Å². The van der Waals surface area contributed by atoms with Crippen LogP contribution in [0.15, 0.2) is 30.7 Å². The summed E-state index contributed by atoms with van der Waals surface area (Å²) in [4.78, 5) is 25.8. The molecule has 3 heterocycles. The third-order valence-electron chi connectivity index (χ3n) is 4.26. The minimum absolute atomic E-state index is 0.0381. The van der Waals surface area contributed by atoms with Gasteiger partial charge < -0.3 is 19.5 Å². The fourth-order valence-corrected chi connectivity index (χ4v) is 2.97. The highest BCUT2D eigenvalue weighted by molar-refractivity contribution is 5.97. The second-order valence-corrected chi connectivity index (χ2v) is 5.80. The zero-order valence-corrected chi connectivity index (χ0v) is 13.8. The smallest absolute Gasteiger partial charge is 0.409 e. The summed E-state index contributed by atoms with van der Waals surface area (Å²) in [7, 11) is 3.18. The molecule has 128 valence electrons. The molecule has 24 heavy (non-hydrogen) atoms. The van der Waals surface area contributed by atoms with Gasteiger partial charge >= 0.3 is 6.09 Å². The number of aryl methyl sites for hydroxylation is 1. The predicted molar refractivity (Wildman–Crippen MR) is 87.0 cm³/mol. The number of aromatic nitrogens is 3. The summed E-state index contributed by atoms with van der Waals surface area (Å²) in [6, 6.07) is 3.84. The standard InChI is InChI=1S/C16H21N5O3/c1-19-15(20-7-3-4-8-20)13(11-17-19)14(22)18-12-5-9-21(10-6-12)16(23)24-2/h3-4,7-8,11-12H,5-6,9-10H2,1-2H3,(H,18,22). The number of likely N-dealkylation sites (tertiary alicyclic amines) is 1. The number of piperidine rings is 1. The number of carbonyl (C=O) groups is 2. The first-order valence-electron chi connectivity index (χ1n) is 7.89. The number of amides is 2. The lowest BCUT2D eigenvalue weighted by Crippen LogP contribution is -2.46. The average Bonchev–Trinajstić information content (AvgIpc) is 3.23. The van der Waals surface area contributed by atoms with Gasteiger partial charge in [-0.05, 0) is 25.0 Å². The summed E-state index contributed by atoms with van der Waals surface area (Å²) in [5, 5.41) is 7.24. The molecule has 1 saturated heterocycles. The van der Waals surface area contributed by atoms with Gasteiger partial charge in [0.1, 0.15) is 11.4 Å². The van der Waals surface area contributed by atoms with Crippen LogP contribution >= 0.6 is 0 Å². The molecule has 1 aliphatic rings. The number of hydrogen-bond donors (Lipinski definition) is 1. The summed E-state index contributed by atoms with van der Waals surface area (Å²) in [6.45, 7) is 1.16. The zero-order valence-electron chi connectivity index (χ0n) is 13.8. The summed E-state index contributed by atoms with van der Waals surface area (Å²) < 4.78 is 8.26. The summed E-state index contributed by atoms with van der Waals surface area (Å²) in [6.07, 6.45) is 6.43. The molecular weight excluding hydrogens is 310 g/mol. The third-order valence-corrected chi connectivity index (χ3v) is 4.26. The molecule has 1 aliphatic heterocycles. The molecule has 8 heteroatoms. The molecule has 2 amide bonds. The largest absolute Gasteiger partial charge is 0.453 e. The molecule has 0 unspecified atom stereocenters. The van der Waals surface area contributed by atoms with Crippen LogP contribution in [0.1, 0.15) is 23.2 Å². The second kappa shape index (κ2) is 6.77. The summed E-state index contributed by atoms with van der Waals surface area (Å²) in [5.41, 5.74) is 0.532. The molecule has 1 fully saturated rings. The van der Waals surface area contributed by atoms with E-state index in [1.807, 2.05) is 29.1 Å². The van der Waals surface area contributed by atoms with Gasteiger partial charge in [0.15, 0.2) is 0 Å². The molecule has 0 saturated carbocycles. The maximum absolute atomic E-state index is 12.6. The van der Waals surface area contributed by atoms with Gasteiger partial charge in [-0.2, -0.15) is 5.10 Å². The van der Waals surface area contributed by atoms with E-state index in [-0.39, 0.29) is 18.0 Å². The van der Waals surface area contributed by atoms with Gasteiger partial charge in [0.2, 0.25) is 0 Å². The van der Waals surface area contributed by atoms with Crippen LogP contribution in [0.3, 0.4) is 0 Å². The maximum atomic E-state index is 12.6. The van der Waals surface area contributed by atoms with Crippen molar-refractivity contribution in [3.05, 3.63) is 36.3 Å². The van der Waals surface area contributed by atoms with Gasteiger partial charge in [0.25, 0.3) is 5.91 Å². The fraction of sp³-hybridized carbons (Fsp3) is 0.438. The Morgan fingerprint density at radius 1 is 1.25 bits per heavy atom. The van der Waals surface area contributed by atoms with Gasteiger partial charge in [0, 0.05) is 38.6 Å². The molecule has 0 bridgehead atoms. The Bertz CT molecular complexity index is 714. The molecule has 8 nitrogen and oxygen atoms in total. The number of methoxy groups -OCH3 is 1. The molecule has 0 atom stereocenters. The normalized spacial score (nSPS) is 15.3. The zero-order chi connectivity index (χ0) is 17.1. The van der Waals surface area contributed by atoms with E-state index in [9.17, 15) is 9.59 Å². The first-order valence-corrected chi connectivity index (χ1v) is 7.89. The molecule has 2 aromatic rings. The number of ether oxygens (including phenoxy) is 1. The van der Waals surface area contributed by atoms with E-state index >= 15 is 0 Å². The molecule has 1 N–H and O–H groups in total. The lowest BCUT2D eigenvalue weighted by molar-refractivity contribution is 0.0892. The van der Waals surface area contributed by atoms with Crippen LogP contribution in [-0.4, -0.2) is 57.5 Å². The van der Waals surface area contributed by atoms with Crippen LogP contribution < -0.4 is 5.32 Å². The van der Waals surface area contributed by atoms with Crippen LogP contribution in [0.5, 0.6) is 0 Å². The lowest BCUT2D eigenvalue weighted by atomic mass is 10.1. The van der Waals surface area contributed by atoms with Gasteiger partial charge in [-0.15, -0.1) is 0 Å². The minimum Gasteiger partial charge on any atom is -0.453 e. The topological polar surface area (TPSA) is 81.4 Å². The van der Waals surface area contributed by atoms with Crippen molar-refractivity contribution >= 4 is 12.0 Å². The Morgan fingerprint density at radius 2 is 1.92 bits per heavy atom. The Hall–Kier alpha value is -2.77. The van der Waals surface area contributed by atoms with Crippen molar-refractivity contribution in [2.24, 2.45) is 7.05 Å². The first-order chi connectivity index (χ1) is 11.6. The molecule has 3 rings (SSSR count). The van der Waals surface area contributed by atoms with E-state index < -0.39 is 0 Å². The van der Waals surface area contributed by atoms with Crippen molar-refractivity contribution in [1.29, 1.82) is 0 Å². The molecule has 0 spiro atoms. The first kappa shape index (κ1) is 16.1. The van der Waals surface area contributed by atoms with Crippen LogP contribution in [-0.2, 0) is 11.8 Å².